The number of nitrogens with one attached hydrogen (secondary N) is 1. The van der Waals surface area contributed by atoms with Gasteiger partial charge in [-0.05, 0) is 38.1 Å². The molecule has 0 unspecified atom stereocenters. The first-order valence-corrected chi connectivity index (χ1v) is 6.05. The van der Waals surface area contributed by atoms with Crippen molar-refractivity contribution in [1.82, 2.24) is 14.9 Å². The summed E-state index contributed by atoms with van der Waals surface area (Å²) in [5.41, 5.74) is -0.173. The van der Waals surface area contributed by atoms with Gasteiger partial charge in [-0.25, -0.2) is 4.98 Å². The predicted molar refractivity (Wildman–Crippen MR) is 72.2 cm³/mol. The van der Waals surface area contributed by atoms with Gasteiger partial charge in [0, 0.05) is 18.6 Å². The van der Waals surface area contributed by atoms with Crippen LogP contribution in [0.3, 0.4) is 0 Å². The molecule has 2 aromatic heterocycles. The zero-order valence-electron chi connectivity index (χ0n) is 11.0. The smallest absolute Gasteiger partial charge is 0.253 e. The van der Waals surface area contributed by atoms with E-state index in [0.29, 0.717) is 5.56 Å². The van der Waals surface area contributed by atoms with Crippen LogP contribution in [-0.4, -0.2) is 32.7 Å². The zero-order valence-corrected chi connectivity index (χ0v) is 11.0. The lowest BCUT2D eigenvalue weighted by molar-refractivity contribution is 0.0869. The van der Waals surface area contributed by atoms with E-state index in [1.807, 2.05) is 29.1 Å². The zero-order chi connectivity index (χ0) is 13.9. The molecule has 0 radical (unpaired) electrons. The minimum atomic E-state index is -0.643. The molecule has 0 aliphatic rings. The second-order valence-corrected chi connectivity index (χ2v) is 4.99. The Hall–Kier alpha value is -2.14. The Kier molecular flexibility index (Phi) is 3.66. The maximum Gasteiger partial charge on any atom is 0.253 e. The van der Waals surface area contributed by atoms with Gasteiger partial charge in [0.1, 0.15) is 5.82 Å². The standard InChI is InChI=1S/C14H17N3O2/c1-14(2,10-18)16-13(19)11-5-6-12(15-9-11)17-7-3-4-8-17/h3-9,18H,10H2,1-2H3,(H,16,19). The molecule has 19 heavy (non-hydrogen) atoms. The number of carbonyl (C=O) groups is 1. The summed E-state index contributed by atoms with van der Waals surface area (Å²) in [6.07, 6.45) is 5.30. The molecule has 0 aliphatic carbocycles. The van der Waals surface area contributed by atoms with Crippen LogP contribution in [0.2, 0.25) is 0 Å². The van der Waals surface area contributed by atoms with E-state index in [9.17, 15) is 4.79 Å². The summed E-state index contributed by atoms with van der Waals surface area (Å²) < 4.78 is 1.86. The van der Waals surface area contributed by atoms with Crippen molar-refractivity contribution in [3.05, 3.63) is 48.4 Å². The first-order chi connectivity index (χ1) is 9.02. The van der Waals surface area contributed by atoms with Crippen LogP contribution in [0.1, 0.15) is 24.2 Å². The third-order valence-electron chi connectivity index (χ3n) is 2.73. The fourth-order valence-corrected chi connectivity index (χ4v) is 1.58. The van der Waals surface area contributed by atoms with Crippen molar-refractivity contribution in [3.63, 3.8) is 0 Å². The Morgan fingerprint density at radius 3 is 2.58 bits per heavy atom. The normalized spacial score (nSPS) is 11.3. The molecule has 0 aliphatic heterocycles. The van der Waals surface area contributed by atoms with Crippen molar-refractivity contribution in [2.75, 3.05) is 6.61 Å². The van der Waals surface area contributed by atoms with Crippen LogP contribution in [-0.2, 0) is 0 Å². The van der Waals surface area contributed by atoms with Crippen molar-refractivity contribution >= 4 is 5.91 Å². The summed E-state index contributed by atoms with van der Waals surface area (Å²) in [7, 11) is 0. The molecule has 2 rings (SSSR count). The fraction of sp³-hybridized carbons (Fsp3) is 0.286. The van der Waals surface area contributed by atoms with Gasteiger partial charge in [-0.3, -0.25) is 4.79 Å². The highest BCUT2D eigenvalue weighted by molar-refractivity contribution is 5.94. The molecule has 0 saturated carbocycles. The summed E-state index contributed by atoms with van der Waals surface area (Å²) in [5, 5.41) is 11.9. The molecule has 0 atom stereocenters. The lowest BCUT2D eigenvalue weighted by Crippen LogP contribution is -2.46. The monoisotopic (exact) mass is 259 g/mol. The molecule has 100 valence electrons. The molecule has 0 aromatic carbocycles. The van der Waals surface area contributed by atoms with Crippen LogP contribution in [0, 0.1) is 0 Å². The Balaban J connectivity index is 2.13. The summed E-state index contributed by atoms with van der Waals surface area (Å²) in [6, 6.07) is 7.31. The van der Waals surface area contributed by atoms with Gasteiger partial charge in [-0.15, -0.1) is 0 Å². The second kappa shape index (κ2) is 5.24. The maximum absolute atomic E-state index is 11.9. The molecule has 1 amide bonds. The average Bonchev–Trinajstić information content (AvgIpc) is 2.92. The summed E-state index contributed by atoms with van der Waals surface area (Å²) in [4.78, 5) is 16.2. The third kappa shape index (κ3) is 3.20. The number of aliphatic hydroxyl groups is 1. The average molecular weight is 259 g/mol. The molecule has 2 heterocycles. The Morgan fingerprint density at radius 2 is 2.05 bits per heavy atom. The summed E-state index contributed by atoms with van der Waals surface area (Å²) >= 11 is 0. The molecule has 0 fully saturated rings. The summed E-state index contributed by atoms with van der Waals surface area (Å²) in [5.74, 6) is 0.508. The van der Waals surface area contributed by atoms with Crippen molar-refractivity contribution in [2.24, 2.45) is 0 Å². The van der Waals surface area contributed by atoms with Crippen molar-refractivity contribution in [3.8, 4) is 5.82 Å². The topological polar surface area (TPSA) is 67.2 Å². The van der Waals surface area contributed by atoms with E-state index in [4.69, 9.17) is 5.11 Å². The fourth-order valence-electron chi connectivity index (χ4n) is 1.58. The van der Waals surface area contributed by atoms with E-state index in [1.54, 1.807) is 26.0 Å². The van der Waals surface area contributed by atoms with Crippen LogP contribution in [0.4, 0.5) is 0 Å². The molecule has 2 N–H and O–H groups in total. The number of amides is 1. The number of aromatic nitrogens is 2. The van der Waals surface area contributed by atoms with Gasteiger partial charge in [-0.1, -0.05) is 0 Å². The van der Waals surface area contributed by atoms with Gasteiger partial charge in [0.15, 0.2) is 0 Å². The number of hydrogen-bond donors (Lipinski definition) is 2. The van der Waals surface area contributed by atoms with E-state index in [1.165, 1.54) is 6.20 Å². The van der Waals surface area contributed by atoms with Gasteiger partial charge in [-0.2, -0.15) is 0 Å². The Bertz CT molecular complexity index is 545. The number of hydrogen-bond acceptors (Lipinski definition) is 3. The number of nitrogens with zero attached hydrogens (tertiary/aromatic N) is 2. The largest absolute Gasteiger partial charge is 0.394 e. The van der Waals surface area contributed by atoms with Crippen LogP contribution in [0.15, 0.2) is 42.9 Å². The third-order valence-corrected chi connectivity index (χ3v) is 2.73. The maximum atomic E-state index is 11.9. The van der Waals surface area contributed by atoms with E-state index >= 15 is 0 Å². The minimum absolute atomic E-state index is 0.117. The molecule has 2 aromatic rings. The van der Waals surface area contributed by atoms with Gasteiger partial charge in [0.2, 0.25) is 0 Å². The number of rotatable bonds is 4. The minimum Gasteiger partial charge on any atom is -0.394 e. The van der Waals surface area contributed by atoms with Crippen molar-refractivity contribution < 1.29 is 9.90 Å². The summed E-state index contributed by atoms with van der Waals surface area (Å²) in [6.45, 7) is 3.40. The predicted octanol–water partition coefficient (Wildman–Crippen LogP) is 1.37. The molecular weight excluding hydrogens is 242 g/mol. The van der Waals surface area contributed by atoms with Crippen molar-refractivity contribution in [1.29, 1.82) is 0 Å². The van der Waals surface area contributed by atoms with Gasteiger partial charge in [0.05, 0.1) is 17.7 Å². The van der Waals surface area contributed by atoms with Crippen LogP contribution in [0.5, 0.6) is 0 Å². The molecular formula is C14H17N3O2. The van der Waals surface area contributed by atoms with E-state index < -0.39 is 5.54 Å². The van der Waals surface area contributed by atoms with Crippen LogP contribution < -0.4 is 5.32 Å². The van der Waals surface area contributed by atoms with E-state index in [0.717, 1.165) is 5.82 Å². The number of carbonyl (C=O) groups excluding carboxylic acids is 1. The lowest BCUT2D eigenvalue weighted by Gasteiger charge is -2.23. The first-order valence-electron chi connectivity index (χ1n) is 6.05. The van der Waals surface area contributed by atoms with Crippen LogP contribution >= 0.6 is 0 Å². The lowest BCUT2D eigenvalue weighted by atomic mass is 10.1. The quantitative estimate of drug-likeness (QED) is 0.871. The Labute approximate surface area is 111 Å². The Morgan fingerprint density at radius 1 is 1.37 bits per heavy atom. The molecule has 0 saturated heterocycles. The van der Waals surface area contributed by atoms with Crippen molar-refractivity contribution in [2.45, 2.75) is 19.4 Å². The highest BCUT2D eigenvalue weighted by atomic mass is 16.3. The first kappa shape index (κ1) is 13.3. The molecule has 5 heteroatoms. The highest BCUT2D eigenvalue weighted by Gasteiger charge is 2.20. The van der Waals surface area contributed by atoms with Gasteiger partial charge in [0.25, 0.3) is 5.91 Å². The van der Waals surface area contributed by atoms with Crippen LogP contribution in [0.25, 0.3) is 5.82 Å². The highest BCUT2D eigenvalue weighted by Crippen LogP contribution is 2.08. The number of aliphatic hydroxyl groups excluding tert-OH is 1. The molecule has 0 bridgehead atoms. The van der Waals surface area contributed by atoms with E-state index in [2.05, 4.69) is 10.3 Å². The number of pyridine rings is 1. The SMILES string of the molecule is CC(C)(CO)NC(=O)c1ccc(-n2cccc2)nc1. The molecule has 5 nitrogen and oxygen atoms in total. The second-order valence-electron chi connectivity index (χ2n) is 4.99. The molecule has 0 spiro atoms. The van der Waals surface area contributed by atoms with E-state index in [-0.39, 0.29) is 12.5 Å². The van der Waals surface area contributed by atoms with Gasteiger partial charge < -0.3 is 15.0 Å². The van der Waals surface area contributed by atoms with Gasteiger partial charge >= 0.3 is 0 Å².